The number of carbonyl (C=O) groups is 3. The Morgan fingerprint density at radius 3 is 1.86 bits per heavy atom. The van der Waals surface area contributed by atoms with Crippen molar-refractivity contribution in [1.82, 2.24) is 5.32 Å². The number of esters is 1. The summed E-state index contributed by atoms with van der Waals surface area (Å²) in [6.45, 7) is 0.434. The number of ether oxygens (including phenoxy) is 1. The first-order valence-corrected chi connectivity index (χ1v) is 8.99. The molecule has 3 aromatic carbocycles. The van der Waals surface area contributed by atoms with Crippen LogP contribution < -0.4 is 10.6 Å². The van der Waals surface area contributed by atoms with E-state index in [9.17, 15) is 14.4 Å². The SMILES string of the molecule is COC(=O)c1ccc(NC(=O)c2ccc(C(=O)NCc3ccccc3)cc2)cc1. The van der Waals surface area contributed by atoms with Gasteiger partial charge in [0.05, 0.1) is 12.7 Å². The van der Waals surface area contributed by atoms with Crippen molar-refractivity contribution < 1.29 is 19.1 Å². The van der Waals surface area contributed by atoms with Crippen LogP contribution in [0.15, 0.2) is 78.9 Å². The minimum atomic E-state index is -0.441. The molecule has 0 aromatic heterocycles. The highest BCUT2D eigenvalue weighted by molar-refractivity contribution is 6.05. The van der Waals surface area contributed by atoms with Crippen LogP contribution in [0.4, 0.5) is 5.69 Å². The molecule has 6 heteroatoms. The zero-order valence-electron chi connectivity index (χ0n) is 15.8. The fourth-order valence-corrected chi connectivity index (χ4v) is 2.66. The quantitative estimate of drug-likeness (QED) is 0.631. The first-order chi connectivity index (χ1) is 14.1. The van der Waals surface area contributed by atoms with E-state index in [1.807, 2.05) is 30.3 Å². The van der Waals surface area contributed by atoms with Crippen LogP contribution >= 0.6 is 0 Å². The van der Waals surface area contributed by atoms with E-state index in [0.717, 1.165) is 5.56 Å². The summed E-state index contributed by atoms with van der Waals surface area (Å²) in [4.78, 5) is 36.1. The van der Waals surface area contributed by atoms with Gasteiger partial charge in [-0.25, -0.2) is 4.79 Å². The average molecular weight is 388 g/mol. The Kier molecular flexibility index (Phi) is 6.37. The highest BCUT2D eigenvalue weighted by Gasteiger charge is 2.10. The minimum Gasteiger partial charge on any atom is -0.465 e. The molecule has 0 heterocycles. The number of benzene rings is 3. The molecule has 146 valence electrons. The lowest BCUT2D eigenvalue weighted by Gasteiger charge is -2.08. The summed E-state index contributed by atoms with van der Waals surface area (Å²) in [5, 5.41) is 5.59. The predicted octanol–water partition coefficient (Wildman–Crippen LogP) is 3.66. The summed E-state index contributed by atoms with van der Waals surface area (Å²) in [6.07, 6.45) is 0. The molecule has 2 N–H and O–H groups in total. The van der Waals surface area contributed by atoms with Crippen LogP contribution in [0.25, 0.3) is 0 Å². The molecule has 3 aromatic rings. The summed E-state index contributed by atoms with van der Waals surface area (Å²) >= 11 is 0. The fraction of sp³-hybridized carbons (Fsp3) is 0.0870. The van der Waals surface area contributed by atoms with Gasteiger partial charge < -0.3 is 15.4 Å². The number of hydrogen-bond donors (Lipinski definition) is 2. The molecule has 0 saturated carbocycles. The molecular weight excluding hydrogens is 368 g/mol. The zero-order valence-corrected chi connectivity index (χ0v) is 15.8. The molecule has 0 atom stereocenters. The Balaban J connectivity index is 1.58. The van der Waals surface area contributed by atoms with Gasteiger partial charge in [-0.15, -0.1) is 0 Å². The molecule has 0 aliphatic heterocycles. The van der Waals surface area contributed by atoms with Gasteiger partial charge in [-0.05, 0) is 54.1 Å². The number of rotatable bonds is 6. The van der Waals surface area contributed by atoms with E-state index >= 15 is 0 Å². The van der Waals surface area contributed by atoms with Gasteiger partial charge in [-0.3, -0.25) is 9.59 Å². The van der Waals surface area contributed by atoms with Crippen molar-refractivity contribution in [3.05, 3.63) is 101 Å². The first kappa shape index (κ1) is 19.8. The maximum atomic E-state index is 12.4. The number of methoxy groups -OCH3 is 1. The summed E-state index contributed by atoms with van der Waals surface area (Å²) < 4.78 is 4.64. The zero-order chi connectivity index (χ0) is 20.6. The molecule has 0 fully saturated rings. The van der Waals surface area contributed by atoms with Crippen molar-refractivity contribution in [2.45, 2.75) is 6.54 Å². The van der Waals surface area contributed by atoms with E-state index in [-0.39, 0.29) is 11.8 Å². The molecular formula is C23H20N2O4. The van der Waals surface area contributed by atoms with Gasteiger partial charge >= 0.3 is 5.97 Å². The average Bonchev–Trinajstić information content (AvgIpc) is 2.78. The number of nitrogens with one attached hydrogen (secondary N) is 2. The number of amides is 2. The molecule has 29 heavy (non-hydrogen) atoms. The lowest BCUT2D eigenvalue weighted by atomic mass is 10.1. The molecule has 2 amide bonds. The summed E-state index contributed by atoms with van der Waals surface area (Å²) in [6, 6.07) is 22.4. The minimum absolute atomic E-state index is 0.209. The van der Waals surface area contributed by atoms with Gasteiger partial charge in [0.2, 0.25) is 0 Å². The van der Waals surface area contributed by atoms with Crippen molar-refractivity contribution in [2.75, 3.05) is 12.4 Å². The van der Waals surface area contributed by atoms with Crippen LogP contribution in [-0.2, 0) is 11.3 Å². The molecule has 0 unspecified atom stereocenters. The third kappa shape index (κ3) is 5.29. The van der Waals surface area contributed by atoms with Crippen LogP contribution in [0, 0.1) is 0 Å². The van der Waals surface area contributed by atoms with Gasteiger partial charge in [0.1, 0.15) is 0 Å². The van der Waals surface area contributed by atoms with Crippen molar-refractivity contribution in [3.8, 4) is 0 Å². The van der Waals surface area contributed by atoms with Crippen LogP contribution in [0.1, 0.15) is 36.6 Å². The highest BCUT2D eigenvalue weighted by Crippen LogP contribution is 2.13. The monoisotopic (exact) mass is 388 g/mol. The van der Waals surface area contributed by atoms with Crippen LogP contribution in [-0.4, -0.2) is 24.9 Å². The Morgan fingerprint density at radius 1 is 0.724 bits per heavy atom. The number of carbonyl (C=O) groups excluding carboxylic acids is 3. The van der Waals surface area contributed by atoms with Crippen LogP contribution in [0.3, 0.4) is 0 Å². The molecule has 0 radical (unpaired) electrons. The third-order valence-electron chi connectivity index (χ3n) is 4.27. The van der Waals surface area contributed by atoms with Crippen LogP contribution in [0.5, 0.6) is 0 Å². The second-order valence-electron chi connectivity index (χ2n) is 6.27. The van der Waals surface area contributed by atoms with Gasteiger partial charge in [0, 0.05) is 23.4 Å². The molecule has 0 bridgehead atoms. The number of hydrogen-bond acceptors (Lipinski definition) is 4. The van der Waals surface area contributed by atoms with Crippen molar-refractivity contribution in [3.63, 3.8) is 0 Å². The van der Waals surface area contributed by atoms with Gasteiger partial charge in [0.15, 0.2) is 0 Å². The van der Waals surface area contributed by atoms with Crippen molar-refractivity contribution in [2.24, 2.45) is 0 Å². The molecule has 0 aliphatic rings. The second kappa shape index (κ2) is 9.32. The number of anilines is 1. The standard InChI is InChI=1S/C23H20N2O4/c1-29-23(28)19-11-13-20(14-12-19)25-22(27)18-9-7-17(8-10-18)21(26)24-15-16-5-3-2-4-6-16/h2-14H,15H2,1H3,(H,24,26)(H,25,27). The summed E-state index contributed by atoms with van der Waals surface area (Å²) in [7, 11) is 1.31. The molecule has 0 aliphatic carbocycles. The summed E-state index contributed by atoms with van der Waals surface area (Å²) in [5.41, 5.74) is 2.85. The van der Waals surface area contributed by atoms with Gasteiger partial charge in [-0.2, -0.15) is 0 Å². The van der Waals surface area contributed by atoms with Crippen LogP contribution in [0.2, 0.25) is 0 Å². The summed E-state index contributed by atoms with van der Waals surface area (Å²) in [5.74, 6) is -0.963. The smallest absolute Gasteiger partial charge is 0.337 e. The predicted molar refractivity (Wildman–Crippen MR) is 110 cm³/mol. The Bertz CT molecular complexity index is 997. The van der Waals surface area contributed by atoms with Crippen molar-refractivity contribution >= 4 is 23.5 Å². The van der Waals surface area contributed by atoms with E-state index in [1.165, 1.54) is 7.11 Å². The van der Waals surface area contributed by atoms with E-state index in [0.29, 0.717) is 28.9 Å². The Hall–Kier alpha value is -3.93. The fourth-order valence-electron chi connectivity index (χ4n) is 2.66. The normalized spacial score (nSPS) is 10.1. The van der Waals surface area contributed by atoms with Crippen molar-refractivity contribution in [1.29, 1.82) is 0 Å². The van der Waals surface area contributed by atoms with E-state index < -0.39 is 5.97 Å². The molecule has 0 saturated heterocycles. The lowest BCUT2D eigenvalue weighted by Crippen LogP contribution is -2.22. The van der Waals surface area contributed by atoms with E-state index in [4.69, 9.17) is 0 Å². The van der Waals surface area contributed by atoms with Gasteiger partial charge in [0.25, 0.3) is 11.8 Å². The van der Waals surface area contributed by atoms with E-state index in [1.54, 1.807) is 48.5 Å². The molecule has 0 spiro atoms. The lowest BCUT2D eigenvalue weighted by molar-refractivity contribution is 0.0600. The largest absolute Gasteiger partial charge is 0.465 e. The topological polar surface area (TPSA) is 84.5 Å². The first-order valence-electron chi connectivity index (χ1n) is 8.99. The maximum absolute atomic E-state index is 12.4. The highest BCUT2D eigenvalue weighted by atomic mass is 16.5. The maximum Gasteiger partial charge on any atom is 0.337 e. The van der Waals surface area contributed by atoms with Gasteiger partial charge in [-0.1, -0.05) is 30.3 Å². The Labute approximate surface area is 168 Å². The second-order valence-corrected chi connectivity index (χ2v) is 6.27. The molecule has 3 rings (SSSR count). The third-order valence-corrected chi connectivity index (χ3v) is 4.27. The van der Waals surface area contributed by atoms with E-state index in [2.05, 4.69) is 15.4 Å². The molecule has 6 nitrogen and oxygen atoms in total. The Morgan fingerprint density at radius 2 is 1.28 bits per heavy atom.